The van der Waals surface area contributed by atoms with E-state index in [1.807, 2.05) is 19.1 Å². The van der Waals surface area contributed by atoms with E-state index in [0.29, 0.717) is 13.0 Å². The van der Waals surface area contributed by atoms with Gasteiger partial charge in [-0.1, -0.05) is 13.0 Å². The Kier molecular flexibility index (Phi) is 4.07. The van der Waals surface area contributed by atoms with Gasteiger partial charge in [-0.05, 0) is 18.1 Å². The highest BCUT2D eigenvalue weighted by molar-refractivity contribution is 5.81. The fraction of sp³-hybridized carbons (Fsp3) is 0.400. The van der Waals surface area contributed by atoms with E-state index < -0.39 is 6.04 Å². The van der Waals surface area contributed by atoms with E-state index in [9.17, 15) is 4.79 Å². The molecule has 1 rings (SSSR count). The average Bonchev–Trinajstić information content (AvgIpc) is 2.26. The molecule has 0 saturated heterocycles. The number of hydrogen-bond donors (Lipinski definition) is 2. The Balaban J connectivity index is 2.38. The topological polar surface area (TPSA) is 68.0 Å². The van der Waals surface area contributed by atoms with Crippen LogP contribution in [-0.4, -0.2) is 16.9 Å². The molecule has 0 aliphatic heterocycles. The van der Waals surface area contributed by atoms with Gasteiger partial charge in [0.1, 0.15) is 0 Å². The van der Waals surface area contributed by atoms with Crippen LogP contribution in [0.5, 0.6) is 0 Å². The molecule has 1 atom stereocenters. The molecule has 1 amide bonds. The fourth-order valence-corrected chi connectivity index (χ4v) is 1.01. The van der Waals surface area contributed by atoms with Gasteiger partial charge >= 0.3 is 0 Å². The minimum absolute atomic E-state index is 0.114. The Morgan fingerprint density at radius 1 is 1.71 bits per heavy atom. The van der Waals surface area contributed by atoms with Gasteiger partial charge in [-0.15, -0.1) is 0 Å². The normalized spacial score (nSPS) is 12.1. The summed E-state index contributed by atoms with van der Waals surface area (Å²) in [6, 6.07) is 3.33. The van der Waals surface area contributed by atoms with Crippen molar-refractivity contribution in [3.8, 4) is 0 Å². The van der Waals surface area contributed by atoms with Gasteiger partial charge in [-0.3, -0.25) is 9.78 Å². The molecule has 0 spiro atoms. The first-order chi connectivity index (χ1) is 6.74. The lowest BCUT2D eigenvalue weighted by Gasteiger charge is -2.09. The Morgan fingerprint density at radius 3 is 3.07 bits per heavy atom. The monoisotopic (exact) mass is 193 g/mol. The number of nitrogens with zero attached hydrogens (tertiary/aromatic N) is 1. The Hall–Kier alpha value is -1.42. The lowest BCUT2D eigenvalue weighted by atomic mass is 10.2. The number of carbonyl (C=O) groups is 1. The SMILES string of the molecule is CC[C@@H](N)C(=O)NCc1cccnc1. The predicted octanol–water partition coefficient (Wildman–Crippen LogP) is 0.435. The molecule has 0 radical (unpaired) electrons. The molecule has 0 unspecified atom stereocenters. The average molecular weight is 193 g/mol. The maximum absolute atomic E-state index is 11.3. The molecule has 0 aromatic carbocycles. The molecular weight excluding hydrogens is 178 g/mol. The van der Waals surface area contributed by atoms with Crippen molar-refractivity contribution in [1.29, 1.82) is 0 Å². The van der Waals surface area contributed by atoms with E-state index in [1.54, 1.807) is 12.4 Å². The van der Waals surface area contributed by atoms with E-state index in [2.05, 4.69) is 10.3 Å². The summed E-state index contributed by atoms with van der Waals surface area (Å²) in [7, 11) is 0. The predicted molar refractivity (Wildman–Crippen MR) is 54.4 cm³/mol. The summed E-state index contributed by atoms with van der Waals surface area (Å²) >= 11 is 0. The molecule has 76 valence electrons. The quantitative estimate of drug-likeness (QED) is 0.729. The van der Waals surface area contributed by atoms with Crippen LogP contribution in [0.1, 0.15) is 18.9 Å². The van der Waals surface area contributed by atoms with Gasteiger partial charge in [0.05, 0.1) is 6.04 Å². The van der Waals surface area contributed by atoms with Gasteiger partial charge in [-0.25, -0.2) is 0 Å². The first-order valence-electron chi connectivity index (χ1n) is 4.66. The van der Waals surface area contributed by atoms with Gasteiger partial charge < -0.3 is 11.1 Å². The molecule has 1 aromatic heterocycles. The van der Waals surface area contributed by atoms with Crippen molar-refractivity contribution >= 4 is 5.91 Å². The fourth-order valence-electron chi connectivity index (χ4n) is 1.01. The van der Waals surface area contributed by atoms with E-state index >= 15 is 0 Å². The minimum Gasteiger partial charge on any atom is -0.351 e. The van der Waals surface area contributed by atoms with Gasteiger partial charge in [-0.2, -0.15) is 0 Å². The van der Waals surface area contributed by atoms with Crippen LogP contribution in [0.2, 0.25) is 0 Å². The maximum Gasteiger partial charge on any atom is 0.237 e. The number of nitrogens with one attached hydrogen (secondary N) is 1. The van der Waals surface area contributed by atoms with Crippen molar-refractivity contribution in [2.24, 2.45) is 5.73 Å². The Bertz CT molecular complexity index is 287. The summed E-state index contributed by atoms with van der Waals surface area (Å²) in [5.41, 5.74) is 6.53. The van der Waals surface area contributed by atoms with Crippen LogP contribution in [-0.2, 0) is 11.3 Å². The van der Waals surface area contributed by atoms with Crippen LogP contribution in [0, 0.1) is 0 Å². The minimum atomic E-state index is -0.410. The number of amides is 1. The molecule has 4 nitrogen and oxygen atoms in total. The summed E-state index contributed by atoms with van der Waals surface area (Å²) in [4.78, 5) is 15.2. The second-order valence-electron chi connectivity index (χ2n) is 3.09. The van der Waals surface area contributed by atoms with Gasteiger partial charge in [0, 0.05) is 18.9 Å². The van der Waals surface area contributed by atoms with E-state index in [-0.39, 0.29) is 5.91 Å². The second kappa shape index (κ2) is 5.34. The third-order valence-corrected chi connectivity index (χ3v) is 1.97. The summed E-state index contributed by atoms with van der Waals surface area (Å²) in [5, 5.41) is 2.75. The molecule has 0 aliphatic carbocycles. The largest absolute Gasteiger partial charge is 0.351 e. The highest BCUT2D eigenvalue weighted by atomic mass is 16.2. The summed E-state index contributed by atoms with van der Waals surface area (Å²) in [6.07, 6.45) is 4.07. The summed E-state index contributed by atoms with van der Waals surface area (Å²) < 4.78 is 0. The molecule has 0 bridgehead atoms. The van der Waals surface area contributed by atoms with Crippen LogP contribution in [0.3, 0.4) is 0 Å². The highest BCUT2D eigenvalue weighted by Gasteiger charge is 2.09. The molecule has 1 heterocycles. The molecule has 0 fully saturated rings. The highest BCUT2D eigenvalue weighted by Crippen LogP contribution is 1.95. The molecule has 3 N–H and O–H groups in total. The number of nitrogens with two attached hydrogens (primary N) is 1. The van der Waals surface area contributed by atoms with Crippen molar-refractivity contribution < 1.29 is 4.79 Å². The number of hydrogen-bond acceptors (Lipinski definition) is 3. The van der Waals surface area contributed by atoms with Crippen molar-refractivity contribution in [2.45, 2.75) is 25.9 Å². The molecular formula is C10H15N3O. The zero-order valence-corrected chi connectivity index (χ0v) is 8.23. The summed E-state index contributed by atoms with van der Waals surface area (Å²) in [5.74, 6) is -0.114. The molecule has 0 saturated carbocycles. The van der Waals surface area contributed by atoms with Crippen molar-refractivity contribution in [2.75, 3.05) is 0 Å². The number of carbonyl (C=O) groups excluding carboxylic acids is 1. The third-order valence-electron chi connectivity index (χ3n) is 1.97. The molecule has 1 aromatic rings. The lowest BCUT2D eigenvalue weighted by molar-refractivity contribution is -0.122. The first kappa shape index (κ1) is 10.7. The zero-order valence-electron chi connectivity index (χ0n) is 8.23. The van der Waals surface area contributed by atoms with Crippen LogP contribution >= 0.6 is 0 Å². The van der Waals surface area contributed by atoms with Crippen molar-refractivity contribution in [3.05, 3.63) is 30.1 Å². The van der Waals surface area contributed by atoms with Crippen LogP contribution < -0.4 is 11.1 Å². The van der Waals surface area contributed by atoms with Crippen molar-refractivity contribution in [3.63, 3.8) is 0 Å². The zero-order chi connectivity index (χ0) is 10.4. The van der Waals surface area contributed by atoms with Gasteiger partial charge in [0.25, 0.3) is 0 Å². The Labute approximate surface area is 83.5 Å². The Morgan fingerprint density at radius 2 is 2.50 bits per heavy atom. The molecule has 14 heavy (non-hydrogen) atoms. The third kappa shape index (κ3) is 3.14. The maximum atomic E-state index is 11.3. The van der Waals surface area contributed by atoms with E-state index in [4.69, 9.17) is 5.73 Å². The van der Waals surface area contributed by atoms with E-state index in [0.717, 1.165) is 5.56 Å². The number of aromatic nitrogens is 1. The molecule has 4 heteroatoms. The smallest absolute Gasteiger partial charge is 0.237 e. The number of pyridine rings is 1. The summed E-state index contributed by atoms with van der Waals surface area (Å²) in [6.45, 7) is 2.37. The first-order valence-corrected chi connectivity index (χ1v) is 4.66. The van der Waals surface area contributed by atoms with Gasteiger partial charge in [0.15, 0.2) is 0 Å². The van der Waals surface area contributed by atoms with Crippen LogP contribution in [0.15, 0.2) is 24.5 Å². The van der Waals surface area contributed by atoms with Crippen LogP contribution in [0.4, 0.5) is 0 Å². The van der Waals surface area contributed by atoms with Gasteiger partial charge in [0.2, 0.25) is 5.91 Å². The number of rotatable bonds is 4. The van der Waals surface area contributed by atoms with Crippen LogP contribution in [0.25, 0.3) is 0 Å². The lowest BCUT2D eigenvalue weighted by Crippen LogP contribution is -2.39. The standard InChI is InChI=1S/C10H15N3O/c1-2-9(11)10(14)13-7-8-4-3-5-12-6-8/h3-6,9H,2,7,11H2,1H3,(H,13,14)/t9-/m1/s1. The van der Waals surface area contributed by atoms with Crippen molar-refractivity contribution in [1.82, 2.24) is 10.3 Å². The molecule has 0 aliphatic rings. The van der Waals surface area contributed by atoms with E-state index in [1.165, 1.54) is 0 Å². The second-order valence-corrected chi connectivity index (χ2v) is 3.09.